The SMILES string of the molecule is Clc1ccc(-c2c3ncnc(NCc4cccnc4)c3nn2-c2ccccc2Cl)cc1. The molecule has 152 valence electrons. The predicted octanol–water partition coefficient (Wildman–Crippen LogP) is 5.80. The maximum Gasteiger partial charge on any atom is 0.158 e. The van der Waals surface area contributed by atoms with E-state index in [0.717, 1.165) is 22.5 Å². The molecular weight excluding hydrogens is 431 g/mol. The number of aromatic nitrogens is 5. The Hall–Kier alpha value is -3.48. The van der Waals surface area contributed by atoms with E-state index in [-0.39, 0.29) is 0 Å². The fourth-order valence-corrected chi connectivity index (χ4v) is 3.72. The van der Waals surface area contributed by atoms with Gasteiger partial charge in [-0.25, -0.2) is 14.6 Å². The average molecular weight is 447 g/mol. The molecule has 0 saturated heterocycles. The number of benzene rings is 2. The van der Waals surface area contributed by atoms with Crippen LogP contribution in [-0.4, -0.2) is 24.7 Å². The van der Waals surface area contributed by atoms with Crippen LogP contribution in [0.5, 0.6) is 0 Å². The molecule has 6 nitrogen and oxygen atoms in total. The van der Waals surface area contributed by atoms with Gasteiger partial charge in [-0.1, -0.05) is 53.5 Å². The monoisotopic (exact) mass is 446 g/mol. The lowest BCUT2D eigenvalue weighted by Crippen LogP contribution is -2.03. The van der Waals surface area contributed by atoms with Gasteiger partial charge >= 0.3 is 0 Å². The van der Waals surface area contributed by atoms with Gasteiger partial charge in [-0.15, -0.1) is 0 Å². The molecule has 0 spiro atoms. The van der Waals surface area contributed by atoms with E-state index < -0.39 is 0 Å². The molecule has 5 aromatic rings. The highest BCUT2D eigenvalue weighted by Gasteiger charge is 2.20. The molecule has 2 aromatic carbocycles. The normalized spacial score (nSPS) is 11.0. The molecule has 5 rings (SSSR count). The molecule has 0 aliphatic carbocycles. The van der Waals surface area contributed by atoms with Crippen molar-refractivity contribution in [2.75, 3.05) is 5.32 Å². The van der Waals surface area contributed by atoms with Crippen molar-refractivity contribution in [2.24, 2.45) is 0 Å². The molecule has 0 bridgehead atoms. The van der Waals surface area contributed by atoms with Gasteiger partial charge in [-0.3, -0.25) is 4.98 Å². The molecule has 0 unspecified atom stereocenters. The van der Waals surface area contributed by atoms with E-state index in [1.807, 2.05) is 66.9 Å². The zero-order valence-electron chi connectivity index (χ0n) is 16.2. The van der Waals surface area contributed by atoms with Gasteiger partial charge in [0.1, 0.15) is 17.5 Å². The van der Waals surface area contributed by atoms with Crippen molar-refractivity contribution in [1.82, 2.24) is 24.7 Å². The first-order valence-electron chi connectivity index (χ1n) is 9.58. The lowest BCUT2D eigenvalue weighted by molar-refractivity contribution is 0.903. The van der Waals surface area contributed by atoms with Crippen LogP contribution < -0.4 is 5.32 Å². The molecule has 0 aliphatic rings. The average Bonchev–Trinajstić information content (AvgIpc) is 3.19. The Bertz CT molecular complexity index is 1350. The van der Waals surface area contributed by atoms with Gasteiger partial charge in [0.2, 0.25) is 0 Å². The summed E-state index contributed by atoms with van der Waals surface area (Å²) in [5.41, 5.74) is 4.89. The second kappa shape index (κ2) is 8.34. The van der Waals surface area contributed by atoms with E-state index in [1.165, 1.54) is 6.33 Å². The number of pyridine rings is 1. The summed E-state index contributed by atoms with van der Waals surface area (Å²) in [6.07, 6.45) is 5.09. The Morgan fingerprint density at radius 3 is 2.48 bits per heavy atom. The van der Waals surface area contributed by atoms with Crippen LogP contribution in [0.25, 0.3) is 28.0 Å². The molecular formula is C23H16Cl2N6. The Labute approximate surface area is 188 Å². The highest BCUT2D eigenvalue weighted by molar-refractivity contribution is 6.32. The van der Waals surface area contributed by atoms with Gasteiger partial charge in [0, 0.05) is 29.5 Å². The Balaban J connectivity index is 1.68. The van der Waals surface area contributed by atoms with Gasteiger partial charge in [0.05, 0.1) is 10.7 Å². The molecule has 0 fully saturated rings. The standard InChI is InChI=1S/C23H16Cl2N6/c24-17-9-7-16(8-10-17)22-20-21(30-31(22)19-6-2-1-5-18(19)25)23(29-14-28-20)27-13-15-4-3-11-26-12-15/h1-12,14H,13H2,(H,27,28,29). The quantitative estimate of drug-likeness (QED) is 0.369. The minimum absolute atomic E-state index is 0.565. The van der Waals surface area contributed by atoms with Crippen molar-refractivity contribution < 1.29 is 0 Å². The summed E-state index contributed by atoms with van der Waals surface area (Å²) in [6.45, 7) is 0.565. The number of rotatable bonds is 5. The smallest absolute Gasteiger partial charge is 0.158 e. The fourth-order valence-electron chi connectivity index (χ4n) is 3.38. The number of nitrogens with zero attached hydrogens (tertiary/aromatic N) is 5. The second-order valence-electron chi connectivity index (χ2n) is 6.85. The molecule has 0 amide bonds. The first-order chi connectivity index (χ1) is 15.2. The van der Waals surface area contributed by atoms with Crippen LogP contribution in [0, 0.1) is 0 Å². The van der Waals surface area contributed by atoms with Crippen LogP contribution in [0.1, 0.15) is 5.56 Å². The number of halogens is 2. The van der Waals surface area contributed by atoms with Gasteiger partial charge in [-0.05, 0) is 35.9 Å². The zero-order valence-corrected chi connectivity index (χ0v) is 17.7. The van der Waals surface area contributed by atoms with E-state index in [9.17, 15) is 0 Å². The maximum absolute atomic E-state index is 6.51. The Kier molecular flexibility index (Phi) is 5.24. The summed E-state index contributed by atoms with van der Waals surface area (Å²) in [5.74, 6) is 0.634. The highest BCUT2D eigenvalue weighted by atomic mass is 35.5. The van der Waals surface area contributed by atoms with Crippen molar-refractivity contribution >= 4 is 40.1 Å². The third-order valence-corrected chi connectivity index (χ3v) is 5.41. The molecule has 1 N–H and O–H groups in total. The Morgan fingerprint density at radius 1 is 0.871 bits per heavy atom. The van der Waals surface area contributed by atoms with Crippen molar-refractivity contribution in [3.05, 3.63) is 95.0 Å². The van der Waals surface area contributed by atoms with E-state index >= 15 is 0 Å². The van der Waals surface area contributed by atoms with Crippen LogP contribution >= 0.6 is 23.2 Å². The van der Waals surface area contributed by atoms with Crippen LogP contribution in [0.2, 0.25) is 10.0 Å². The lowest BCUT2D eigenvalue weighted by atomic mass is 10.1. The predicted molar refractivity (Wildman–Crippen MR) is 124 cm³/mol. The number of para-hydroxylation sites is 1. The van der Waals surface area contributed by atoms with E-state index in [4.69, 9.17) is 28.3 Å². The fraction of sp³-hybridized carbons (Fsp3) is 0.0435. The topological polar surface area (TPSA) is 68.5 Å². The van der Waals surface area contributed by atoms with Crippen LogP contribution in [-0.2, 0) is 6.54 Å². The molecule has 31 heavy (non-hydrogen) atoms. The maximum atomic E-state index is 6.51. The number of fused-ring (bicyclic) bond motifs is 1. The van der Waals surface area contributed by atoms with Crippen molar-refractivity contribution in [3.8, 4) is 16.9 Å². The molecule has 3 heterocycles. The molecule has 3 aromatic heterocycles. The van der Waals surface area contributed by atoms with Crippen LogP contribution in [0.3, 0.4) is 0 Å². The van der Waals surface area contributed by atoms with E-state index in [1.54, 1.807) is 10.9 Å². The lowest BCUT2D eigenvalue weighted by Gasteiger charge is -2.09. The number of nitrogens with one attached hydrogen (secondary N) is 1. The molecule has 0 atom stereocenters. The van der Waals surface area contributed by atoms with Gasteiger partial charge in [0.25, 0.3) is 0 Å². The largest absolute Gasteiger partial charge is 0.364 e. The summed E-state index contributed by atoms with van der Waals surface area (Å²) in [7, 11) is 0. The molecule has 0 saturated carbocycles. The second-order valence-corrected chi connectivity index (χ2v) is 7.70. The summed E-state index contributed by atoms with van der Waals surface area (Å²) in [5, 5.41) is 9.45. The van der Waals surface area contributed by atoms with Crippen LogP contribution in [0.4, 0.5) is 5.82 Å². The van der Waals surface area contributed by atoms with E-state index in [2.05, 4.69) is 20.3 Å². The summed E-state index contributed by atoms with van der Waals surface area (Å²) < 4.78 is 1.81. The minimum atomic E-state index is 0.565. The number of hydrogen-bond acceptors (Lipinski definition) is 5. The number of anilines is 1. The van der Waals surface area contributed by atoms with Crippen LogP contribution in [0.15, 0.2) is 79.4 Å². The highest BCUT2D eigenvalue weighted by Crippen LogP contribution is 2.34. The van der Waals surface area contributed by atoms with Gasteiger partial charge < -0.3 is 5.32 Å². The first-order valence-corrected chi connectivity index (χ1v) is 10.3. The van der Waals surface area contributed by atoms with Crippen molar-refractivity contribution in [1.29, 1.82) is 0 Å². The van der Waals surface area contributed by atoms with E-state index in [0.29, 0.717) is 33.4 Å². The minimum Gasteiger partial charge on any atom is -0.364 e. The third kappa shape index (κ3) is 3.83. The molecule has 0 radical (unpaired) electrons. The molecule has 0 aliphatic heterocycles. The first kappa shape index (κ1) is 19.5. The summed E-state index contributed by atoms with van der Waals surface area (Å²) in [6, 6.07) is 19.0. The zero-order chi connectivity index (χ0) is 21.2. The summed E-state index contributed by atoms with van der Waals surface area (Å²) in [4.78, 5) is 13.1. The van der Waals surface area contributed by atoms with Gasteiger partial charge in [-0.2, -0.15) is 5.10 Å². The number of hydrogen-bond donors (Lipinski definition) is 1. The Morgan fingerprint density at radius 2 is 1.71 bits per heavy atom. The molecule has 8 heteroatoms. The van der Waals surface area contributed by atoms with Gasteiger partial charge in [0.15, 0.2) is 11.3 Å². The summed E-state index contributed by atoms with van der Waals surface area (Å²) >= 11 is 12.6. The van der Waals surface area contributed by atoms with Crippen molar-refractivity contribution in [3.63, 3.8) is 0 Å². The third-order valence-electron chi connectivity index (χ3n) is 4.84. The van der Waals surface area contributed by atoms with Crippen molar-refractivity contribution in [2.45, 2.75) is 6.54 Å².